The van der Waals surface area contributed by atoms with E-state index in [0.29, 0.717) is 17.9 Å². The average molecular weight is 425 g/mol. The number of rotatable bonds is 6. The summed E-state index contributed by atoms with van der Waals surface area (Å²) in [5.74, 6) is 0.704. The van der Waals surface area contributed by atoms with Crippen LogP contribution in [0.2, 0.25) is 0 Å². The van der Waals surface area contributed by atoms with E-state index in [1.54, 1.807) is 24.5 Å². The summed E-state index contributed by atoms with van der Waals surface area (Å²) in [7, 11) is -1.37. The molecule has 30 heavy (non-hydrogen) atoms. The number of halogens is 1. The van der Waals surface area contributed by atoms with E-state index in [1.807, 2.05) is 17.9 Å². The number of aliphatic imine (C=N–C) groups is 2. The highest BCUT2D eigenvalue weighted by atomic mass is 32.2. The molecular weight excluding hydrogens is 405 g/mol. The predicted molar refractivity (Wildman–Crippen MR) is 115 cm³/mol. The van der Waals surface area contributed by atoms with Crippen molar-refractivity contribution in [3.63, 3.8) is 0 Å². The molecule has 0 bridgehead atoms. The van der Waals surface area contributed by atoms with E-state index >= 15 is 0 Å². The van der Waals surface area contributed by atoms with Gasteiger partial charge in [-0.15, -0.1) is 0 Å². The quantitative estimate of drug-likeness (QED) is 0.754. The zero-order chi connectivity index (χ0) is 21.1. The summed E-state index contributed by atoms with van der Waals surface area (Å²) >= 11 is 0. The molecule has 0 fully saturated rings. The highest BCUT2D eigenvalue weighted by Crippen LogP contribution is 2.36. The fraction of sp³-hybridized carbons (Fsp3) is 0.286. The van der Waals surface area contributed by atoms with Gasteiger partial charge in [-0.2, -0.15) is 5.26 Å². The van der Waals surface area contributed by atoms with Gasteiger partial charge in [-0.3, -0.25) is 4.99 Å². The Balaban J connectivity index is 1.68. The van der Waals surface area contributed by atoms with E-state index in [9.17, 15) is 13.9 Å². The number of anilines is 1. The molecule has 2 aromatic carbocycles. The molecule has 2 heterocycles. The van der Waals surface area contributed by atoms with Crippen LogP contribution in [0.25, 0.3) is 0 Å². The first-order valence-corrected chi connectivity index (χ1v) is 11.0. The molecule has 0 aliphatic carbocycles. The topological polar surface area (TPSA) is 90.1 Å². The van der Waals surface area contributed by atoms with Crippen LogP contribution < -0.4 is 9.46 Å². The lowest BCUT2D eigenvalue weighted by molar-refractivity contribution is 0.441. The Morgan fingerprint density at radius 2 is 2.23 bits per heavy atom. The summed E-state index contributed by atoms with van der Waals surface area (Å²) < 4.78 is 35.2. The number of nitrogens with zero attached hydrogens (tertiary/aromatic N) is 4. The fourth-order valence-electron chi connectivity index (χ4n) is 3.31. The molecule has 0 aromatic heterocycles. The average Bonchev–Trinajstić information content (AvgIpc) is 2.76. The minimum absolute atomic E-state index is 0.0353. The van der Waals surface area contributed by atoms with Crippen LogP contribution in [-0.4, -0.2) is 40.1 Å². The SMILES string of the molecule is CCCS(=O)Nc1ccc(F)c(Oc2ccc3c(c2)C2=NCCCN2C=N3)c1C#N. The van der Waals surface area contributed by atoms with E-state index in [0.717, 1.165) is 36.6 Å². The van der Waals surface area contributed by atoms with Gasteiger partial charge in [0, 0.05) is 24.4 Å². The smallest absolute Gasteiger partial charge is 0.182 e. The Hall–Kier alpha value is -3.25. The van der Waals surface area contributed by atoms with Crippen LogP contribution in [-0.2, 0) is 11.0 Å². The van der Waals surface area contributed by atoms with Crippen molar-refractivity contribution >= 4 is 34.5 Å². The van der Waals surface area contributed by atoms with Gasteiger partial charge in [-0.05, 0) is 43.2 Å². The van der Waals surface area contributed by atoms with Gasteiger partial charge in [0.15, 0.2) is 11.6 Å². The number of amidine groups is 1. The van der Waals surface area contributed by atoms with E-state index in [2.05, 4.69) is 14.7 Å². The summed E-state index contributed by atoms with van der Waals surface area (Å²) in [6.45, 7) is 3.48. The number of fused-ring (bicyclic) bond motifs is 3. The molecule has 9 heteroatoms. The van der Waals surface area contributed by atoms with Gasteiger partial charge in [0.05, 0.1) is 17.7 Å². The van der Waals surface area contributed by atoms with Crippen molar-refractivity contribution in [2.75, 3.05) is 23.6 Å². The van der Waals surface area contributed by atoms with Gasteiger partial charge in [0.25, 0.3) is 0 Å². The number of hydrogen-bond donors (Lipinski definition) is 1. The number of benzene rings is 2. The fourth-order valence-corrected chi connectivity index (χ4v) is 4.20. The monoisotopic (exact) mass is 425 g/mol. The third-order valence-corrected chi connectivity index (χ3v) is 5.92. The summed E-state index contributed by atoms with van der Waals surface area (Å²) in [4.78, 5) is 11.0. The van der Waals surface area contributed by atoms with Crippen LogP contribution in [0.15, 0.2) is 40.3 Å². The second-order valence-electron chi connectivity index (χ2n) is 6.84. The molecule has 4 rings (SSSR count). The molecular formula is C21H20FN5O2S. The maximum absolute atomic E-state index is 14.6. The molecule has 7 nitrogen and oxygen atoms in total. The molecule has 2 aliphatic rings. The molecule has 1 N–H and O–H groups in total. The van der Waals surface area contributed by atoms with Crippen molar-refractivity contribution in [2.24, 2.45) is 9.98 Å². The lowest BCUT2D eigenvalue weighted by Gasteiger charge is -2.29. The van der Waals surface area contributed by atoms with Crippen molar-refractivity contribution in [1.29, 1.82) is 5.26 Å². The van der Waals surface area contributed by atoms with Gasteiger partial charge in [-0.25, -0.2) is 13.6 Å². The van der Waals surface area contributed by atoms with E-state index in [4.69, 9.17) is 4.74 Å². The van der Waals surface area contributed by atoms with Gasteiger partial charge in [0.2, 0.25) is 0 Å². The Bertz CT molecular complexity index is 1110. The van der Waals surface area contributed by atoms with Crippen molar-refractivity contribution in [1.82, 2.24) is 4.90 Å². The van der Waals surface area contributed by atoms with Crippen LogP contribution in [0.5, 0.6) is 11.5 Å². The van der Waals surface area contributed by atoms with Gasteiger partial charge >= 0.3 is 0 Å². The molecule has 0 saturated carbocycles. The summed E-state index contributed by atoms with van der Waals surface area (Å²) in [6, 6.07) is 9.74. The van der Waals surface area contributed by atoms with Crippen LogP contribution in [0, 0.1) is 17.1 Å². The van der Waals surface area contributed by atoms with Crippen molar-refractivity contribution in [3.05, 3.63) is 47.3 Å². The van der Waals surface area contributed by atoms with Gasteiger partial charge < -0.3 is 14.4 Å². The van der Waals surface area contributed by atoms with Crippen LogP contribution in [0.1, 0.15) is 30.9 Å². The highest BCUT2D eigenvalue weighted by molar-refractivity contribution is 7.86. The third-order valence-electron chi connectivity index (χ3n) is 4.69. The molecule has 0 saturated heterocycles. The second-order valence-corrected chi connectivity index (χ2v) is 8.14. The number of nitrogens with one attached hydrogen (secondary N) is 1. The van der Waals surface area contributed by atoms with Gasteiger partial charge in [-0.1, -0.05) is 6.92 Å². The number of hydrogen-bond acceptors (Lipinski definition) is 6. The largest absolute Gasteiger partial charge is 0.453 e. The van der Waals surface area contributed by atoms with E-state index < -0.39 is 16.8 Å². The van der Waals surface area contributed by atoms with Crippen LogP contribution >= 0.6 is 0 Å². The minimum Gasteiger partial charge on any atom is -0.453 e. The van der Waals surface area contributed by atoms with Crippen LogP contribution in [0.4, 0.5) is 15.8 Å². The van der Waals surface area contributed by atoms with E-state index in [-0.39, 0.29) is 17.0 Å². The molecule has 0 amide bonds. The summed E-state index contributed by atoms with van der Waals surface area (Å²) in [5.41, 5.74) is 1.79. The first-order chi connectivity index (χ1) is 14.6. The molecule has 154 valence electrons. The molecule has 0 radical (unpaired) electrons. The first kappa shape index (κ1) is 20.0. The molecule has 0 spiro atoms. The number of nitriles is 1. The van der Waals surface area contributed by atoms with Crippen molar-refractivity contribution < 1.29 is 13.3 Å². The first-order valence-electron chi connectivity index (χ1n) is 9.66. The standard InChI is InChI=1S/C21H20FN5O2S/c1-2-10-30(28)26-19-7-5-17(22)20(16(19)12-23)29-14-4-6-18-15(11-14)21-24-8-3-9-27(21)13-25-18/h4-7,11,13,26H,2-3,8-10H2,1H3. The van der Waals surface area contributed by atoms with E-state index in [1.165, 1.54) is 12.1 Å². The zero-order valence-corrected chi connectivity index (χ0v) is 17.2. The minimum atomic E-state index is -1.37. The highest BCUT2D eigenvalue weighted by Gasteiger charge is 2.23. The maximum Gasteiger partial charge on any atom is 0.182 e. The van der Waals surface area contributed by atoms with Crippen molar-refractivity contribution in [2.45, 2.75) is 19.8 Å². The molecule has 1 unspecified atom stereocenters. The lowest BCUT2D eigenvalue weighted by Crippen LogP contribution is -2.36. The van der Waals surface area contributed by atoms with Crippen molar-refractivity contribution in [3.8, 4) is 17.6 Å². The lowest BCUT2D eigenvalue weighted by atomic mass is 10.1. The normalized spacial score (nSPS) is 15.5. The molecule has 2 aromatic rings. The zero-order valence-electron chi connectivity index (χ0n) is 16.4. The molecule has 1 atom stereocenters. The summed E-state index contributed by atoms with van der Waals surface area (Å²) in [5, 5.41) is 9.61. The Kier molecular flexibility index (Phi) is 5.77. The maximum atomic E-state index is 14.6. The number of ether oxygens (including phenoxy) is 1. The Morgan fingerprint density at radius 1 is 1.37 bits per heavy atom. The predicted octanol–water partition coefficient (Wildman–Crippen LogP) is 4.10. The Morgan fingerprint density at radius 3 is 3.03 bits per heavy atom. The van der Waals surface area contributed by atoms with Gasteiger partial charge in [0.1, 0.15) is 34.2 Å². The second kappa shape index (κ2) is 8.63. The third kappa shape index (κ3) is 3.91. The van der Waals surface area contributed by atoms with Crippen LogP contribution in [0.3, 0.4) is 0 Å². The Labute approximate surface area is 176 Å². The molecule has 2 aliphatic heterocycles. The summed E-state index contributed by atoms with van der Waals surface area (Å²) in [6.07, 6.45) is 3.43.